The molecular weight excluding hydrogens is 392 g/mol. The molecular formula is C20H31ClN6O2. The van der Waals surface area contributed by atoms with Crippen molar-refractivity contribution in [3.63, 3.8) is 0 Å². The molecule has 0 aliphatic carbocycles. The van der Waals surface area contributed by atoms with E-state index in [4.69, 9.17) is 16.3 Å². The van der Waals surface area contributed by atoms with E-state index in [2.05, 4.69) is 25.3 Å². The second-order valence-corrected chi connectivity index (χ2v) is 9.69. The Kier molecular flexibility index (Phi) is 5.75. The highest BCUT2D eigenvalue weighted by Gasteiger charge is 2.34. The highest BCUT2D eigenvalue weighted by Crippen LogP contribution is 2.33. The molecule has 1 aromatic heterocycles. The molecule has 4 rings (SSSR count). The van der Waals surface area contributed by atoms with Crippen LogP contribution in [0.3, 0.4) is 0 Å². The predicted octanol–water partition coefficient (Wildman–Crippen LogP) is 2.69. The minimum absolute atomic E-state index is 0.182. The van der Waals surface area contributed by atoms with Crippen molar-refractivity contribution < 1.29 is 9.53 Å². The lowest BCUT2D eigenvalue weighted by atomic mass is 9.95. The summed E-state index contributed by atoms with van der Waals surface area (Å²) in [4.78, 5) is 19.1. The maximum atomic E-state index is 12.3. The average Bonchev–Trinajstić information content (AvgIpc) is 2.67. The number of hydrogen-bond donors (Lipinski definition) is 1. The molecule has 160 valence electrons. The van der Waals surface area contributed by atoms with Gasteiger partial charge in [0.1, 0.15) is 5.60 Å². The zero-order valence-electron chi connectivity index (χ0n) is 17.5. The topological polar surface area (TPSA) is 73.8 Å². The Balaban J connectivity index is 1.27. The van der Waals surface area contributed by atoms with Crippen molar-refractivity contribution in [3.8, 4) is 0 Å². The molecule has 0 unspecified atom stereocenters. The molecule has 9 heteroatoms. The summed E-state index contributed by atoms with van der Waals surface area (Å²) in [6.45, 7) is 12.3. The number of aromatic nitrogens is 2. The third kappa shape index (κ3) is 4.86. The highest BCUT2D eigenvalue weighted by molar-refractivity contribution is 6.29. The van der Waals surface area contributed by atoms with Crippen molar-refractivity contribution in [2.75, 3.05) is 56.0 Å². The lowest BCUT2D eigenvalue weighted by Gasteiger charge is -2.46. The summed E-state index contributed by atoms with van der Waals surface area (Å²) >= 11 is 6.06. The number of rotatable bonds is 2. The van der Waals surface area contributed by atoms with Crippen LogP contribution in [-0.2, 0) is 4.74 Å². The number of hydrogen-bond acceptors (Lipinski definition) is 7. The summed E-state index contributed by atoms with van der Waals surface area (Å²) < 4.78 is 5.50. The second-order valence-electron chi connectivity index (χ2n) is 9.30. The van der Waals surface area contributed by atoms with Crippen LogP contribution >= 0.6 is 11.6 Å². The molecule has 3 aliphatic heterocycles. The van der Waals surface area contributed by atoms with Crippen LogP contribution in [0.2, 0.25) is 5.15 Å². The number of fused-ring (bicyclic) bond motifs is 3. The molecule has 1 N–H and O–H groups in total. The van der Waals surface area contributed by atoms with Gasteiger partial charge in [-0.05, 0) is 39.5 Å². The van der Waals surface area contributed by atoms with Crippen molar-refractivity contribution in [1.29, 1.82) is 0 Å². The van der Waals surface area contributed by atoms with Crippen molar-refractivity contribution in [1.82, 2.24) is 20.0 Å². The van der Waals surface area contributed by atoms with Crippen LogP contribution in [0.1, 0.15) is 33.6 Å². The minimum atomic E-state index is -0.434. The fourth-order valence-corrected chi connectivity index (χ4v) is 4.63. The third-order valence-corrected chi connectivity index (χ3v) is 6.09. The molecule has 4 heterocycles. The number of nitrogens with one attached hydrogen (secondary N) is 1. The van der Waals surface area contributed by atoms with E-state index in [1.807, 2.05) is 31.7 Å². The normalized spacial score (nSPS) is 23.2. The Morgan fingerprint density at radius 3 is 2.72 bits per heavy atom. The molecule has 1 atom stereocenters. The summed E-state index contributed by atoms with van der Waals surface area (Å²) in [7, 11) is 0. The standard InChI is InChI=1S/C20H31ClN6O2/c1-20(2,3)29-19(28)26-6-4-14(5-7-26)12-25-8-9-27-15(13-25)11-22-18-16(27)10-17(21)23-24-18/h10,14-15H,4-9,11-13H2,1-3H3,(H,22,24)/t15-/m0/s1. The second kappa shape index (κ2) is 8.14. The maximum absolute atomic E-state index is 12.3. The first-order valence-corrected chi connectivity index (χ1v) is 10.9. The Morgan fingerprint density at radius 1 is 1.24 bits per heavy atom. The summed E-state index contributed by atoms with van der Waals surface area (Å²) in [6.07, 6.45) is 1.89. The highest BCUT2D eigenvalue weighted by atomic mass is 35.5. The van der Waals surface area contributed by atoms with E-state index in [0.29, 0.717) is 17.1 Å². The number of piperidine rings is 1. The number of amides is 1. The van der Waals surface area contributed by atoms with Gasteiger partial charge in [0.15, 0.2) is 11.0 Å². The maximum Gasteiger partial charge on any atom is 0.410 e. The summed E-state index contributed by atoms with van der Waals surface area (Å²) in [6, 6.07) is 2.32. The van der Waals surface area contributed by atoms with Gasteiger partial charge in [-0.25, -0.2) is 4.79 Å². The molecule has 0 radical (unpaired) electrons. The Bertz CT molecular complexity index is 747. The summed E-state index contributed by atoms with van der Waals surface area (Å²) in [5.41, 5.74) is 0.627. The van der Waals surface area contributed by atoms with Gasteiger partial charge in [-0.3, -0.25) is 4.90 Å². The number of ether oxygens (including phenoxy) is 1. The molecule has 0 bridgehead atoms. The molecule has 1 amide bonds. The van der Waals surface area contributed by atoms with Gasteiger partial charge in [-0.2, -0.15) is 0 Å². The third-order valence-electron chi connectivity index (χ3n) is 5.91. The molecule has 1 aromatic rings. The van der Waals surface area contributed by atoms with Gasteiger partial charge in [-0.15, -0.1) is 10.2 Å². The van der Waals surface area contributed by atoms with Crippen LogP contribution in [0.5, 0.6) is 0 Å². The first-order chi connectivity index (χ1) is 13.8. The van der Waals surface area contributed by atoms with Crippen molar-refractivity contribution in [2.24, 2.45) is 5.92 Å². The lowest BCUT2D eigenvalue weighted by Crippen LogP contribution is -2.58. The molecule has 29 heavy (non-hydrogen) atoms. The molecule has 3 aliphatic rings. The Morgan fingerprint density at radius 2 is 2.00 bits per heavy atom. The molecule has 0 aromatic carbocycles. The zero-order valence-corrected chi connectivity index (χ0v) is 18.3. The summed E-state index contributed by atoms with van der Waals surface area (Å²) in [5, 5.41) is 11.9. The fourth-order valence-electron chi connectivity index (χ4n) is 4.49. The minimum Gasteiger partial charge on any atom is -0.444 e. The van der Waals surface area contributed by atoms with Crippen LogP contribution in [0.25, 0.3) is 0 Å². The Labute approximate surface area is 177 Å². The van der Waals surface area contributed by atoms with Crippen molar-refractivity contribution in [3.05, 3.63) is 11.2 Å². The van der Waals surface area contributed by atoms with Gasteiger partial charge >= 0.3 is 6.09 Å². The number of carbonyl (C=O) groups excluding carboxylic acids is 1. The van der Waals surface area contributed by atoms with Gasteiger partial charge in [0.05, 0.1) is 11.7 Å². The van der Waals surface area contributed by atoms with E-state index in [1.54, 1.807) is 0 Å². The number of likely N-dealkylation sites (tertiary alicyclic amines) is 1. The molecule has 0 spiro atoms. The SMILES string of the molecule is CC(C)(C)OC(=O)N1CCC(CN2CCN3c4cc(Cl)nnc4NC[C@H]3C2)CC1. The van der Waals surface area contributed by atoms with Crippen molar-refractivity contribution >= 4 is 29.2 Å². The fraction of sp³-hybridized carbons (Fsp3) is 0.750. The molecule has 2 fully saturated rings. The van der Waals surface area contributed by atoms with Gasteiger partial charge in [0.2, 0.25) is 0 Å². The van der Waals surface area contributed by atoms with E-state index >= 15 is 0 Å². The first kappa shape index (κ1) is 20.5. The van der Waals surface area contributed by atoms with Crippen molar-refractivity contribution in [2.45, 2.75) is 45.3 Å². The molecule has 0 saturated carbocycles. The number of nitrogens with zero attached hydrogens (tertiary/aromatic N) is 5. The van der Waals surface area contributed by atoms with E-state index in [0.717, 1.165) is 70.2 Å². The number of piperazine rings is 1. The molecule has 8 nitrogen and oxygen atoms in total. The predicted molar refractivity (Wildman–Crippen MR) is 114 cm³/mol. The van der Waals surface area contributed by atoms with Crippen LogP contribution in [0, 0.1) is 5.92 Å². The smallest absolute Gasteiger partial charge is 0.410 e. The average molecular weight is 423 g/mol. The van der Waals surface area contributed by atoms with Gasteiger partial charge < -0.3 is 19.9 Å². The number of carbonyl (C=O) groups is 1. The van der Waals surface area contributed by atoms with Crippen LogP contribution in [-0.4, -0.2) is 83.5 Å². The van der Waals surface area contributed by atoms with E-state index in [9.17, 15) is 4.79 Å². The monoisotopic (exact) mass is 422 g/mol. The molecule has 2 saturated heterocycles. The number of anilines is 2. The van der Waals surface area contributed by atoms with Crippen LogP contribution < -0.4 is 10.2 Å². The Hall–Kier alpha value is -1.80. The first-order valence-electron chi connectivity index (χ1n) is 10.5. The lowest BCUT2D eigenvalue weighted by molar-refractivity contribution is 0.0167. The van der Waals surface area contributed by atoms with Crippen LogP contribution in [0.4, 0.5) is 16.3 Å². The summed E-state index contributed by atoms with van der Waals surface area (Å²) in [5.74, 6) is 1.46. The van der Waals surface area contributed by atoms with Gasteiger partial charge in [0, 0.05) is 51.9 Å². The quantitative estimate of drug-likeness (QED) is 0.785. The van der Waals surface area contributed by atoms with E-state index in [-0.39, 0.29) is 6.09 Å². The van der Waals surface area contributed by atoms with Crippen LogP contribution in [0.15, 0.2) is 6.07 Å². The van der Waals surface area contributed by atoms with E-state index < -0.39 is 5.60 Å². The zero-order chi connectivity index (χ0) is 20.6. The van der Waals surface area contributed by atoms with Gasteiger partial charge in [0.25, 0.3) is 0 Å². The van der Waals surface area contributed by atoms with Gasteiger partial charge in [-0.1, -0.05) is 11.6 Å². The largest absolute Gasteiger partial charge is 0.444 e. The van der Waals surface area contributed by atoms with E-state index in [1.165, 1.54) is 0 Å². The number of halogens is 1.